The van der Waals surface area contributed by atoms with E-state index in [9.17, 15) is 9.59 Å². The first-order valence-corrected chi connectivity index (χ1v) is 10.2. The number of carbonyl (C=O) groups excluding carboxylic acids is 2. The van der Waals surface area contributed by atoms with Gasteiger partial charge in [-0.3, -0.25) is 9.59 Å². The number of halogens is 1. The molecule has 2 aromatic carbocycles. The van der Waals surface area contributed by atoms with Crippen molar-refractivity contribution < 1.29 is 14.3 Å². The van der Waals surface area contributed by atoms with Gasteiger partial charge in [-0.25, -0.2) is 0 Å². The third-order valence-electron chi connectivity index (χ3n) is 5.81. The molecule has 0 aliphatic carbocycles. The fourth-order valence-electron chi connectivity index (χ4n) is 4.11. The molecule has 2 aliphatic heterocycles. The maximum absolute atomic E-state index is 12.6. The smallest absolute Gasteiger partial charge is 0.222 e. The van der Waals surface area contributed by atoms with Crippen LogP contribution in [0.5, 0.6) is 5.75 Å². The molecule has 2 aliphatic rings. The summed E-state index contributed by atoms with van der Waals surface area (Å²) in [5.41, 5.74) is 2.39. The molecule has 5 heteroatoms. The highest BCUT2D eigenvalue weighted by Gasteiger charge is 2.43. The number of ketones is 1. The summed E-state index contributed by atoms with van der Waals surface area (Å²) in [6.07, 6.45) is 2.98. The second-order valence-corrected chi connectivity index (χ2v) is 8.33. The van der Waals surface area contributed by atoms with Crippen molar-refractivity contribution in [3.63, 3.8) is 0 Å². The fraction of sp³-hybridized carbons (Fsp3) is 0.391. The van der Waals surface area contributed by atoms with Crippen LogP contribution in [0.3, 0.4) is 0 Å². The van der Waals surface area contributed by atoms with E-state index >= 15 is 0 Å². The largest absolute Gasteiger partial charge is 0.486 e. The monoisotopic (exact) mass is 397 g/mol. The number of benzene rings is 2. The summed E-state index contributed by atoms with van der Waals surface area (Å²) >= 11 is 5.91. The van der Waals surface area contributed by atoms with Crippen molar-refractivity contribution in [1.82, 2.24) is 4.90 Å². The highest BCUT2D eigenvalue weighted by Crippen LogP contribution is 2.39. The third kappa shape index (κ3) is 3.93. The van der Waals surface area contributed by atoms with Crippen LogP contribution in [0, 0.1) is 6.92 Å². The molecule has 2 aromatic rings. The maximum Gasteiger partial charge on any atom is 0.222 e. The van der Waals surface area contributed by atoms with E-state index in [1.165, 1.54) is 0 Å². The zero-order valence-electron chi connectivity index (χ0n) is 16.0. The predicted molar refractivity (Wildman–Crippen MR) is 109 cm³/mol. The lowest BCUT2D eigenvalue weighted by Gasteiger charge is -2.44. The number of carbonyl (C=O) groups is 2. The average Bonchev–Trinajstić information content (AvgIpc) is 2.69. The Kier molecular flexibility index (Phi) is 5.15. The predicted octanol–water partition coefficient (Wildman–Crippen LogP) is 4.61. The van der Waals surface area contributed by atoms with E-state index in [4.69, 9.17) is 16.3 Å². The Bertz CT molecular complexity index is 899. The van der Waals surface area contributed by atoms with E-state index in [2.05, 4.69) is 0 Å². The van der Waals surface area contributed by atoms with Crippen molar-refractivity contribution >= 4 is 23.3 Å². The van der Waals surface area contributed by atoms with Gasteiger partial charge in [0.1, 0.15) is 11.4 Å². The van der Waals surface area contributed by atoms with Crippen LogP contribution >= 0.6 is 11.6 Å². The van der Waals surface area contributed by atoms with Crippen LogP contribution in [0.25, 0.3) is 0 Å². The number of amides is 1. The van der Waals surface area contributed by atoms with Gasteiger partial charge < -0.3 is 9.64 Å². The average molecular weight is 398 g/mol. The molecular weight excluding hydrogens is 374 g/mol. The lowest BCUT2D eigenvalue weighted by atomic mass is 9.82. The quantitative estimate of drug-likeness (QED) is 0.759. The van der Waals surface area contributed by atoms with Crippen LogP contribution in [-0.2, 0) is 11.2 Å². The molecule has 0 saturated carbocycles. The van der Waals surface area contributed by atoms with Gasteiger partial charge in [-0.05, 0) is 43.2 Å². The zero-order chi connectivity index (χ0) is 19.7. The lowest BCUT2D eigenvalue weighted by Crippen LogP contribution is -2.52. The van der Waals surface area contributed by atoms with Gasteiger partial charge in [0.25, 0.3) is 0 Å². The van der Waals surface area contributed by atoms with E-state index in [1.54, 1.807) is 0 Å². The summed E-state index contributed by atoms with van der Waals surface area (Å²) in [6, 6.07) is 13.4. The molecule has 4 nitrogen and oxygen atoms in total. The molecule has 28 heavy (non-hydrogen) atoms. The Labute approximate surface area is 170 Å². The summed E-state index contributed by atoms with van der Waals surface area (Å²) in [5, 5.41) is 0.704. The van der Waals surface area contributed by atoms with Crippen LogP contribution in [0.1, 0.15) is 47.2 Å². The molecule has 1 amide bonds. The van der Waals surface area contributed by atoms with Gasteiger partial charge in [0.15, 0.2) is 5.78 Å². The van der Waals surface area contributed by atoms with Gasteiger partial charge in [0.05, 0.1) is 12.0 Å². The second kappa shape index (κ2) is 7.59. The van der Waals surface area contributed by atoms with E-state index < -0.39 is 5.60 Å². The van der Waals surface area contributed by atoms with Crippen molar-refractivity contribution in [1.29, 1.82) is 0 Å². The Morgan fingerprint density at radius 3 is 2.57 bits per heavy atom. The Morgan fingerprint density at radius 1 is 1.14 bits per heavy atom. The van der Waals surface area contributed by atoms with Gasteiger partial charge in [-0.2, -0.15) is 0 Å². The van der Waals surface area contributed by atoms with Crippen LogP contribution in [0.15, 0.2) is 42.5 Å². The topological polar surface area (TPSA) is 46.6 Å². The SMILES string of the molecule is Cc1ccc2c(c1)C(=O)CC1(CCN(C(=O)CCc3ccc(Cl)cc3)CC1)O2. The van der Waals surface area contributed by atoms with Gasteiger partial charge in [0, 0.05) is 37.4 Å². The molecule has 0 atom stereocenters. The van der Waals surface area contributed by atoms with Gasteiger partial charge in [0.2, 0.25) is 5.91 Å². The summed E-state index contributed by atoms with van der Waals surface area (Å²) in [4.78, 5) is 27.1. The molecule has 1 saturated heterocycles. The number of Topliss-reactive ketones (excluding diaryl/α,β-unsaturated/α-hetero) is 1. The lowest BCUT2D eigenvalue weighted by molar-refractivity contribution is -0.134. The van der Waals surface area contributed by atoms with Crippen LogP contribution in [0.2, 0.25) is 5.02 Å². The van der Waals surface area contributed by atoms with Crippen molar-refractivity contribution in [2.24, 2.45) is 0 Å². The van der Waals surface area contributed by atoms with Crippen molar-refractivity contribution in [3.05, 3.63) is 64.2 Å². The summed E-state index contributed by atoms with van der Waals surface area (Å²) < 4.78 is 6.28. The number of aryl methyl sites for hydroxylation is 2. The standard InChI is InChI=1S/C23H24ClNO3/c1-16-2-8-21-19(14-16)20(26)15-23(28-21)10-12-25(13-11-23)22(27)9-5-17-3-6-18(24)7-4-17/h2-4,6-8,14H,5,9-13,15H2,1H3. The van der Waals surface area contributed by atoms with Crippen molar-refractivity contribution in [2.45, 2.75) is 44.6 Å². The van der Waals surface area contributed by atoms with Crippen LogP contribution in [0.4, 0.5) is 0 Å². The third-order valence-corrected chi connectivity index (χ3v) is 6.06. The van der Waals surface area contributed by atoms with E-state index in [0.29, 0.717) is 61.5 Å². The Balaban J connectivity index is 1.35. The normalized spacial score (nSPS) is 17.9. The number of piperidine rings is 1. The molecule has 1 fully saturated rings. The number of likely N-dealkylation sites (tertiary alicyclic amines) is 1. The minimum Gasteiger partial charge on any atom is -0.486 e. The maximum atomic E-state index is 12.6. The molecule has 4 rings (SSSR count). The minimum absolute atomic E-state index is 0.146. The molecule has 1 spiro atoms. The first-order chi connectivity index (χ1) is 13.4. The second-order valence-electron chi connectivity index (χ2n) is 7.89. The summed E-state index contributed by atoms with van der Waals surface area (Å²) in [7, 11) is 0. The number of nitrogens with zero attached hydrogens (tertiary/aromatic N) is 1. The number of hydrogen-bond acceptors (Lipinski definition) is 3. The molecule has 146 valence electrons. The number of hydrogen-bond donors (Lipinski definition) is 0. The van der Waals surface area contributed by atoms with Gasteiger partial charge >= 0.3 is 0 Å². The van der Waals surface area contributed by atoms with E-state index in [1.807, 2.05) is 54.3 Å². The molecule has 0 radical (unpaired) electrons. The number of ether oxygens (including phenoxy) is 1. The van der Waals surface area contributed by atoms with E-state index in [0.717, 1.165) is 11.1 Å². The summed E-state index contributed by atoms with van der Waals surface area (Å²) in [5.74, 6) is 0.986. The molecule has 2 heterocycles. The Hall–Kier alpha value is -2.33. The molecule has 0 unspecified atom stereocenters. The van der Waals surface area contributed by atoms with E-state index in [-0.39, 0.29) is 11.7 Å². The number of fused-ring (bicyclic) bond motifs is 1. The van der Waals surface area contributed by atoms with Gasteiger partial charge in [-0.15, -0.1) is 0 Å². The fourth-order valence-corrected chi connectivity index (χ4v) is 4.24. The van der Waals surface area contributed by atoms with Crippen LogP contribution in [-0.4, -0.2) is 35.3 Å². The molecule has 0 aromatic heterocycles. The van der Waals surface area contributed by atoms with Crippen molar-refractivity contribution in [3.8, 4) is 5.75 Å². The van der Waals surface area contributed by atoms with Crippen LogP contribution < -0.4 is 4.74 Å². The van der Waals surface area contributed by atoms with Crippen molar-refractivity contribution in [2.75, 3.05) is 13.1 Å². The molecule has 0 N–H and O–H groups in total. The minimum atomic E-state index is -0.466. The highest BCUT2D eigenvalue weighted by atomic mass is 35.5. The van der Waals surface area contributed by atoms with Gasteiger partial charge in [-0.1, -0.05) is 35.4 Å². The Morgan fingerprint density at radius 2 is 1.86 bits per heavy atom. The zero-order valence-corrected chi connectivity index (χ0v) is 16.8. The highest BCUT2D eigenvalue weighted by molar-refractivity contribution is 6.30. The number of rotatable bonds is 3. The summed E-state index contributed by atoms with van der Waals surface area (Å²) in [6.45, 7) is 3.24. The molecular formula is C23H24ClNO3. The first-order valence-electron chi connectivity index (χ1n) is 9.79. The molecule has 0 bridgehead atoms. The first kappa shape index (κ1) is 19.0.